The molecule has 0 saturated carbocycles. The zero-order valence-corrected chi connectivity index (χ0v) is 22.6. The van der Waals surface area contributed by atoms with Crippen LogP contribution in [0.4, 0.5) is 0 Å². The molecule has 0 bridgehead atoms. The van der Waals surface area contributed by atoms with Gasteiger partial charge in [0.2, 0.25) is 17.7 Å². The quantitative estimate of drug-likeness (QED) is 0.0470. The Balaban J connectivity index is 3.21. The van der Waals surface area contributed by atoms with Crippen molar-refractivity contribution in [1.82, 2.24) is 20.2 Å². The number of aliphatic carboxylic acids is 4. The molecule has 1 aromatic rings. The van der Waals surface area contributed by atoms with Gasteiger partial charge < -0.3 is 47.6 Å². The molecular weight excluding hydrogens is 578 g/mol. The maximum absolute atomic E-state index is 12.5. The molecule has 0 saturated heterocycles. The van der Waals surface area contributed by atoms with Crippen LogP contribution in [0.25, 0.3) is 0 Å². The van der Waals surface area contributed by atoms with Crippen molar-refractivity contribution in [2.24, 2.45) is 16.5 Å². The molecule has 2 amide bonds. The fraction of sp³-hybridized carbons (Fsp3) is 0.500. The number of carboxylic acid groups (broad SMARTS) is 4. The number of nitrogens with one attached hydrogen (secondary N) is 2. The Morgan fingerprint density at radius 3 is 2.15 bits per heavy atom. The minimum absolute atomic E-state index is 0.00821. The van der Waals surface area contributed by atoms with Gasteiger partial charge >= 0.3 is 23.9 Å². The molecule has 0 radical (unpaired) electrons. The number of rotatable bonds is 18. The zero-order chi connectivity index (χ0) is 30.6. The Bertz CT molecular complexity index is 1140. The van der Waals surface area contributed by atoms with Gasteiger partial charge in [0.1, 0.15) is 30.1 Å². The van der Waals surface area contributed by atoms with Crippen LogP contribution < -0.4 is 22.1 Å². The van der Waals surface area contributed by atoms with Crippen molar-refractivity contribution in [3.8, 4) is 5.88 Å². The monoisotopic (exact) mass is 607 g/mol. The number of hydrogen-bond acceptors (Lipinski definition) is 13. The summed E-state index contributed by atoms with van der Waals surface area (Å²) in [7, 11) is 2.03. The number of amides is 2. The summed E-state index contributed by atoms with van der Waals surface area (Å²) < 4.78 is 0.894. The summed E-state index contributed by atoms with van der Waals surface area (Å²) in [6.45, 7) is 0.284. The Hall–Kier alpha value is -3.88. The maximum atomic E-state index is 12.5. The fourth-order valence-electron chi connectivity index (χ4n) is 2.82. The second-order valence-corrected chi connectivity index (χ2v) is 10.5. The average Bonchev–Trinajstić information content (AvgIpc) is 3.16. The molecule has 0 unspecified atom stereocenters. The van der Waals surface area contributed by atoms with Gasteiger partial charge in [-0.1, -0.05) is 21.6 Å². The van der Waals surface area contributed by atoms with E-state index in [2.05, 4.69) is 15.3 Å². The van der Waals surface area contributed by atoms with E-state index in [4.69, 9.17) is 26.8 Å². The van der Waals surface area contributed by atoms with Crippen molar-refractivity contribution in [1.29, 1.82) is 0 Å². The molecule has 4 atom stereocenters. The highest BCUT2D eigenvalue weighted by Gasteiger charge is 2.27. The normalized spacial score (nSPS) is 14.2. The molecule has 1 rings (SSSR count). The van der Waals surface area contributed by atoms with Crippen molar-refractivity contribution >= 4 is 63.5 Å². The Morgan fingerprint density at radius 2 is 1.62 bits per heavy atom. The van der Waals surface area contributed by atoms with Crippen LogP contribution >= 0.6 is 21.6 Å². The van der Waals surface area contributed by atoms with E-state index in [1.165, 1.54) is 6.92 Å². The average molecular weight is 608 g/mol. The first kappa shape index (κ1) is 34.1. The SMILES string of the molecule is C[C@@H](NC(=O)CN)c1nc(C=N[C@H](CSSC[C@H](N)C(=O)O)C(=O)O)c(O)n1CC(=O)N[C@@H](CC(=O)O)C(=O)O. The molecule has 1 aromatic heterocycles. The van der Waals surface area contributed by atoms with Crippen LogP contribution in [-0.4, -0.2) is 113 Å². The van der Waals surface area contributed by atoms with Crippen molar-refractivity contribution < 1.29 is 54.3 Å². The van der Waals surface area contributed by atoms with Gasteiger partial charge in [0.05, 0.1) is 25.2 Å². The lowest BCUT2D eigenvalue weighted by molar-refractivity contribution is -0.147. The Labute approximate surface area is 234 Å². The van der Waals surface area contributed by atoms with E-state index in [1.54, 1.807) is 0 Å². The van der Waals surface area contributed by atoms with Crippen LogP contribution in [0.1, 0.15) is 30.9 Å². The number of nitrogens with zero attached hydrogens (tertiary/aromatic N) is 3. The third-order valence-corrected chi connectivity index (χ3v) is 7.23. The smallest absolute Gasteiger partial charge is 0.329 e. The van der Waals surface area contributed by atoms with Gasteiger partial charge in [-0.25, -0.2) is 14.6 Å². The van der Waals surface area contributed by atoms with Gasteiger partial charge in [-0.2, -0.15) is 0 Å². The van der Waals surface area contributed by atoms with Gasteiger partial charge in [0, 0.05) is 11.5 Å². The highest BCUT2D eigenvalue weighted by molar-refractivity contribution is 8.76. The maximum Gasteiger partial charge on any atom is 0.329 e. The van der Waals surface area contributed by atoms with Crippen LogP contribution in [0.2, 0.25) is 0 Å². The third-order valence-electron chi connectivity index (χ3n) is 4.80. The Morgan fingerprint density at radius 1 is 1.00 bits per heavy atom. The number of aromatic nitrogens is 2. The molecule has 40 heavy (non-hydrogen) atoms. The molecule has 0 fully saturated rings. The standard InChI is InChI=1S/C20H29N7O11S2/c1-8(24-13(28)3-21)16-26-11(4-23-12(20(37)38)7-40-39-6-9(22)18(33)34)17(32)27(16)5-14(29)25-10(19(35)36)2-15(30)31/h4,8-10,12,32H,2-3,5-7,21-22H2,1H3,(H,24,28)(H,25,29)(H,30,31)(H,33,34)(H,35,36)(H,37,38)/t8-,9+,10+,12-/m1/s1. The summed E-state index contributed by atoms with van der Waals surface area (Å²) in [5, 5.41) is 51.5. The minimum atomic E-state index is -1.77. The zero-order valence-electron chi connectivity index (χ0n) is 20.9. The highest BCUT2D eigenvalue weighted by atomic mass is 33.1. The summed E-state index contributed by atoms with van der Waals surface area (Å²) in [5.74, 6) is -8.17. The first-order valence-electron chi connectivity index (χ1n) is 11.2. The van der Waals surface area contributed by atoms with E-state index in [-0.39, 0.29) is 23.0 Å². The summed E-state index contributed by atoms with van der Waals surface area (Å²) in [4.78, 5) is 76.8. The molecule has 0 aliphatic rings. The van der Waals surface area contributed by atoms with Crippen molar-refractivity contribution in [3.05, 3.63) is 11.5 Å². The number of imidazole rings is 1. The van der Waals surface area contributed by atoms with Crippen molar-refractivity contribution in [2.45, 2.75) is 44.1 Å². The van der Waals surface area contributed by atoms with E-state index in [0.29, 0.717) is 0 Å². The van der Waals surface area contributed by atoms with Crippen LogP contribution in [-0.2, 0) is 35.3 Å². The predicted molar refractivity (Wildman–Crippen MR) is 141 cm³/mol. The van der Waals surface area contributed by atoms with Gasteiger partial charge in [0.15, 0.2) is 6.04 Å². The molecule has 11 N–H and O–H groups in total. The molecule has 0 aliphatic carbocycles. The molecule has 0 spiro atoms. The molecule has 222 valence electrons. The third kappa shape index (κ3) is 11.1. The summed E-state index contributed by atoms with van der Waals surface area (Å²) >= 11 is 0. The number of carbonyl (C=O) groups is 6. The van der Waals surface area contributed by atoms with Crippen LogP contribution in [0.5, 0.6) is 5.88 Å². The number of carboxylic acids is 4. The van der Waals surface area contributed by atoms with Crippen LogP contribution in [0.15, 0.2) is 4.99 Å². The fourth-order valence-corrected chi connectivity index (χ4v) is 5.06. The molecule has 0 aromatic carbocycles. The number of nitrogens with two attached hydrogens (primary N) is 2. The largest absolute Gasteiger partial charge is 0.493 e. The number of aliphatic imine (C=N–C) groups is 1. The second kappa shape index (κ2) is 16.3. The minimum Gasteiger partial charge on any atom is -0.493 e. The van der Waals surface area contributed by atoms with Gasteiger partial charge in [-0.3, -0.25) is 28.7 Å². The topological polar surface area (TPSA) is 310 Å². The number of carbonyl (C=O) groups excluding carboxylic acids is 2. The summed E-state index contributed by atoms with van der Waals surface area (Å²) in [5.41, 5.74) is 10.4. The number of hydrogen-bond donors (Lipinski definition) is 9. The first-order chi connectivity index (χ1) is 18.7. The first-order valence-corrected chi connectivity index (χ1v) is 13.7. The van der Waals surface area contributed by atoms with E-state index in [0.717, 1.165) is 32.4 Å². The van der Waals surface area contributed by atoms with Crippen molar-refractivity contribution in [3.63, 3.8) is 0 Å². The van der Waals surface area contributed by atoms with E-state index < -0.39 is 85.2 Å². The van der Waals surface area contributed by atoms with Crippen LogP contribution in [0, 0.1) is 0 Å². The second-order valence-electron chi connectivity index (χ2n) is 7.96. The number of aromatic hydroxyl groups is 1. The summed E-state index contributed by atoms with van der Waals surface area (Å²) in [6, 6.07) is -5.22. The molecular formula is C20H29N7O11S2. The molecule has 20 heteroatoms. The lowest BCUT2D eigenvalue weighted by Crippen LogP contribution is -2.43. The highest BCUT2D eigenvalue weighted by Crippen LogP contribution is 2.25. The van der Waals surface area contributed by atoms with Crippen LogP contribution in [0.3, 0.4) is 0 Å². The molecule has 18 nitrogen and oxygen atoms in total. The lowest BCUT2D eigenvalue weighted by Gasteiger charge is -2.17. The molecule has 0 aliphatic heterocycles. The predicted octanol–water partition coefficient (Wildman–Crippen LogP) is -2.57. The van der Waals surface area contributed by atoms with Gasteiger partial charge in [-0.05, 0) is 6.92 Å². The summed E-state index contributed by atoms with van der Waals surface area (Å²) in [6.07, 6.45) is 0.00200. The molecule has 1 heterocycles. The van der Waals surface area contributed by atoms with Gasteiger partial charge in [0.25, 0.3) is 0 Å². The Kier molecular flexibility index (Phi) is 13.9. The van der Waals surface area contributed by atoms with E-state index in [1.807, 2.05) is 5.32 Å². The van der Waals surface area contributed by atoms with E-state index in [9.17, 15) is 39.0 Å². The van der Waals surface area contributed by atoms with Crippen molar-refractivity contribution in [2.75, 3.05) is 18.1 Å². The lowest BCUT2D eigenvalue weighted by atomic mass is 10.2. The van der Waals surface area contributed by atoms with E-state index >= 15 is 0 Å². The van der Waals surface area contributed by atoms with Gasteiger partial charge in [-0.15, -0.1) is 0 Å².